The zero-order valence-electron chi connectivity index (χ0n) is 16.3. The summed E-state index contributed by atoms with van der Waals surface area (Å²) in [5, 5.41) is 9.77. The van der Waals surface area contributed by atoms with Crippen molar-refractivity contribution in [1.29, 1.82) is 0 Å². The molecule has 3 heteroatoms. The molecule has 0 radical (unpaired) electrons. The smallest absolute Gasteiger partial charge is 0.117 e. The van der Waals surface area contributed by atoms with Gasteiger partial charge in [-0.15, -0.1) is 0 Å². The van der Waals surface area contributed by atoms with E-state index in [9.17, 15) is 0 Å². The van der Waals surface area contributed by atoms with Gasteiger partial charge in [-0.05, 0) is 54.9 Å². The Morgan fingerprint density at radius 2 is 1.52 bits per heavy atom. The van der Waals surface area contributed by atoms with Gasteiger partial charge in [-0.2, -0.15) is 15.0 Å². The summed E-state index contributed by atoms with van der Waals surface area (Å²) in [4.78, 5) is 1.90. The first-order valence-electron chi connectivity index (χ1n) is 9.26. The molecule has 0 fully saturated rings. The van der Waals surface area contributed by atoms with Crippen molar-refractivity contribution in [3.05, 3.63) is 48.0 Å². The summed E-state index contributed by atoms with van der Waals surface area (Å²) >= 11 is 0. The van der Waals surface area contributed by atoms with E-state index in [-0.39, 0.29) is 11.0 Å². The third-order valence-corrected chi connectivity index (χ3v) is 5.61. The summed E-state index contributed by atoms with van der Waals surface area (Å²) in [5.74, 6) is 0. The molecule has 0 aliphatic heterocycles. The van der Waals surface area contributed by atoms with Gasteiger partial charge in [-0.25, -0.2) is 0 Å². The summed E-state index contributed by atoms with van der Waals surface area (Å²) in [6.07, 6.45) is 2.04. The molecule has 0 spiro atoms. The molecule has 0 aliphatic carbocycles. The van der Waals surface area contributed by atoms with Crippen LogP contribution < -0.4 is 0 Å². The predicted molar refractivity (Wildman–Crippen MR) is 106 cm³/mol. The van der Waals surface area contributed by atoms with Crippen molar-refractivity contribution in [3.63, 3.8) is 0 Å². The highest BCUT2D eigenvalue weighted by Crippen LogP contribution is 2.39. The fraction of sp³-hybridized carbons (Fsp3) is 0.455. The summed E-state index contributed by atoms with van der Waals surface area (Å²) in [7, 11) is 0. The van der Waals surface area contributed by atoms with Crippen LogP contribution in [0.15, 0.2) is 42.5 Å². The first-order valence-corrected chi connectivity index (χ1v) is 9.26. The molecular weight excluding hydrogens is 306 g/mol. The van der Waals surface area contributed by atoms with Gasteiger partial charge >= 0.3 is 0 Å². The molecule has 1 heterocycles. The van der Waals surface area contributed by atoms with Crippen LogP contribution in [0, 0.1) is 0 Å². The first kappa shape index (κ1) is 17.7. The van der Waals surface area contributed by atoms with Crippen LogP contribution in [0.5, 0.6) is 0 Å². The van der Waals surface area contributed by atoms with Gasteiger partial charge in [0.2, 0.25) is 0 Å². The Balaban J connectivity index is 2.33. The van der Waals surface area contributed by atoms with E-state index in [1.807, 2.05) is 4.80 Å². The third-order valence-electron chi connectivity index (χ3n) is 5.61. The van der Waals surface area contributed by atoms with Crippen LogP contribution in [-0.2, 0) is 11.0 Å². The second-order valence-corrected chi connectivity index (χ2v) is 8.11. The van der Waals surface area contributed by atoms with E-state index >= 15 is 0 Å². The lowest BCUT2D eigenvalue weighted by atomic mass is 9.77. The van der Waals surface area contributed by atoms with Crippen molar-refractivity contribution in [2.75, 3.05) is 0 Å². The monoisotopic (exact) mass is 335 g/mol. The Morgan fingerprint density at radius 3 is 2.12 bits per heavy atom. The largest absolute Gasteiger partial charge is 0.178 e. The topological polar surface area (TPSA) is 30.7 Å². The zero-order valence-corrected chi connectivity index (χ0v) is 16.3. The Bertz CT molecular complexity index is 873. The van der Waals surface area contributed by atoms with Crippen LogP contribution in [0.3, 0.4) is 0 Å². The molecule has 0 bridgehead atoms. The van der Waals surface area contributed by atoms with Crippen molar-refractivity contribution in [2.24, 2.45) is 0 Å². The van der Waals surface area contributed by atoms with Crippen molar-refractivity contribution < 1.29 is 0 Å². The van der Waals surface area contributed by atoms with Crippen LogP contribution >= 0.6 is 0 Å². The summed E-state index contributed by atoms with van der Waals surface area (Å²) < 4.78 is 0. The fourth-order valence-electron chi connectivity index (χ4n) is 3.11. The number of hydrogen-bond acceptors (Lipinski definition) is 2. The minimum atomic E-state index is -0.0838. The number of benzene rings is 2. The molecule has 2 aromatic carbocycles. The van der Waals surface area contributed by atoms with Gasteiger partial charge in [0, 0.05) is 0 Å². The molecule has 3 rings (SSSR count). The van der Waals surface area contributed by atoms with Gasteiger partial charge in [0.15, 0.2) is 0 Å². The molecule has 0 amide bonds. The summed E-state index contributed by atoms with van der Waals surface area (Å²) in [6, 6.07) is 14.9. The molecule has 3 nitrogen and oxygen atoms in total. The predicted octanol–water partition coefficient (Wildman–Crippen LogP) is 5.93. The molecule has 0 aliphatic rings. The van der Waals surface area contributed by atoms with E-state index in [0.717, 1.165) is 23.9 Å². The van der Waals surface area contributed by atoms with Crippen LogP contribution in [0.2, 0.25) is 0 Å². The van der Waals surface area contributed by atoms with Gasteiger partial charge in [0.05, 0.1) is 5.54 Å². The highest BCUT2D eigenvalue weighted by molar-refractivity contribution is 5.87. The standard InChI is InChI=1S/C22H29N3/c1-7-21(3,4)19-17(16-12-10-9-11-13-16)14-15-18-20(19)24-25(23-18)22(5,6)8-2/h9-15H,7-8H2,1-6H3. The van der Waals surface area contributed by atoms with E-state index in [4.69, 9.17) is 10.2 Å². The second-order valence-electron chi connectivity index (χ2n) is 8.11. The number of aromatic nitrogens is 3. The van der Waals surface area contributed by atoms with E-state index in [1.54, 1.807) is 0 Å². The first-order chi connectivity index (χ1) is 11.8. The number of rotatable bonds is 5. The normalized spacial score (nSPS) is 12.7. The maximum absolute atomic E-state index is 4.96. The lowest BCUT2D eigenvalue weighted by Gasteiger charge is -2.27. The molecule has 132 valence electrons. The SMILES string of the molecule is CCC(C)(C)c1c(-c2ccccc2)ccc2nn(C(C)(C)CC)nc12. The van der Waals surface area contributed by atoms with Crippen molar-refractivity contribution in [3.8, 4) is 11.1 Å². The van der Waals surface area contributed by atoms with Crippen LogP contribution in [0.25, 0.3) is 22.2 Å². The Kier molecular flexibility index (Phi) is 4.44. The molecule has 1 aromatic heterocycles. The maximum Gasteiger partial charge on any atom is 0.117 e. The molecule has 0 saturated heterocycles. The Hall–Kier alpha value is -2.16. The van der Waals surface area contributed by atoms with Crippen molar-refractivity contribution >= 4 is 11.0 Å². The Labute approximate surface area is 151 Å². The number of fused-ring (bicyclic) bond motifs is 1. The molecule has 25 heavy (non-hydrogen) atoms. The van der Waals surface area contributed by atoms with E-state index in [2.05, 4.69) is 84.0 Å². The average molecular weight is 335 g/mol. The van der Waals surface area contributed by atoms with Crippen molar-refractivity contribution in [2.45, 2.75) is 65.3 Å². The molecule has 0 saturated carbocycles. The average Bonchev–Trinajstić information content (AvgIpc) is 3.06. The van der Waals surface area contributed by atoms with Gasteiger partial charge in [-0.3, -0.25) is 0 Å². The van der Waals surface area contributed by atoms with E-state index in [0.29, 0.717) is 0 Å². The number of nitrogens with zero attached hydrogens (tertiary/aromatic N) is 3. The number of hydrogen-bond donors (Lipinski definition) is 0. The highest BCUT2D eigenvalue weighted by Gasteiger charge is 2.29. The maximum atomic E-state index is 4.96. The van der Waals surface area contributed by atoms with Crippen molar-refractivity contribution in [1.82, 2.24) is 15.0 Å². The third kappa shape index (κ3) is 3.08. The second kappa shape index (κ2) is 6.29. The highest BCUT2D eigenvalue weighted by atomic mass is 15.5. The lowest BCUT2D eigenvalue weighted by Crippen LogP contribution is -2.27. The minimum absolute atomic E-state index is 0.0297. The lowest BCUT2D eigenvalue weighted by molar-refractivity contribution is 0.274. The molecule has 0 atom stereocenters. The minimum Gasteiger partial charge on any atom is -0.178 e. The molecule has 0 unspecified atom stereocenters. The van der Waals surface area contributed by atoms with Gasteiger partial charge in [0.1, 0.15) is 11.0 Å². The summed E-state index contributed by atoms with van der Waals surface area (Å²) in [5.41, 5.74) is 5.78. The van der Waals surface area contributed by atoms with E-state index < -0.39 is 0 Å². The van der Waals surface area contributed by atoms with Gasteiger partial charge < -0.3 is 0 Å². The van der Waals surface area contributed by atoms with Crippen LogP contribution in [0.4, 0.5) is 0 Å². The van der Waals surface area contributed by atoms with Crippen LogP contribution in [-0.4, -0.2) is 15.0 Å². The van der Waals surface area contributed by atoms with E-state index in [1.165, 1.54) is 16.7 Å². The molecule has 0 N–H and O–H groups in total. The van der Waals surface area contributed by atoms with Gasteiger partial charge in [0.25, 0.3) is 0 Å². The Morgan fingerprint density at radius 1 is 0.840 bits per heavy atom. The summed E-state index contributed by atoms with van der Waals surface area (Å²) in [6.45, 7) is 13.4. The zero-order chi connectivity index (χ0) is 18.2. The van der Waals surface area contributed by atoms with Gasteiger partial charge in [-0.1, -0.05) is 64.1 Å². The molecular formula is C22H29N3. The van der Waals surface area contributed by atoms with Crippen LogP contribution in [0.1, 0.15) is 59.9 Å². The molecule has 3 aromatic rings. The quantitative estimate of drug-likeness (QED) is 0.578. The fourth-order valence-corrected chi connectivity index (χ4v) is 3.11.